The second-order valence-corrected chi connectivity index (χ2v) is 5.28. The molecular formula is C10H10O3S. The lowest BCUT2D eigenvalue weighted by Gasteiger charge is -2.01. The molecule has 1 aliphatic rings. The van der Waals surface area contributed by atoms with Gasteiger partial charge in [0.25, 0.3) is 0 Å². The summed E-state index contributed by atoms with van der Waals surface area (Å²) in [7, 11) is -3.41. The van der Waals surface area contributed by atoms with Gasteiger partial charge in [-0.2, -0.15) is 0 Å². The smallest absolute Gasteiger partial charge is 0.205 e. The molecule has 0 aromatic heterocycles. The van der Waals surface area contributed by atoms with Crippen LogP contribution in [0.4, 0.5) is 0 Å². The van der Waals surface area contributed by atoms with Crippen molar-refractivity contribution in [2.45, 2.75) is 11.8 Å². The summed E-state index contributed by atoms with van der Waals surface area (Å²) in [6.07, 6.45) is 1.52. The first-order chi connectivity index (χ1) is 6.55. The normalized spacial score (nSPS) is 17.7. The van der Waals surface area contributed by atoms with E-state index in [9.17, 15) is 8.42 Å². The van der Waals surface area contributed by atoms with Crippen LogP contribution in [0.1, 0.15) is 11.1 Å². The zero-order valence-electron chi connectivity index (χ0n) is 7.69. The van der Waals surface area contributed by atoms with Crippen LogP contribution in [-0.2, 0) is 9.84 Å². The van der Waals surface area contributed by atoms with Crippen LogP contribution in [0.2, 0.25) is 0 Å². The molecule has 0 fully saturated rings. The third kappa shape index (κ3) is 1.19. The Hall–Kier alpha value is -1.13. The fraction of sp³-hybridized carbons (Fsp3) is 0.200. The number of benzene rings is 1. The molecule has 0 saturated heterocycles. The van der Waals surface area contributed by atoms with Crippen LogP contribution in [-0.4, -0.2) is 20.1 Å². The highest BCUT2D eigenvalue weighted by Crippen LogP contribution is 2.32. The Balaban J connectivity index is 2.71. The van der Waals surface area contributed by atoms with Crippen LogP contribution in [0.5, 0.6) is 0 Å². The van der Waals surface area contributed by atoms with Gasteiger partial charge < -0.3 is 5.11 Å². The first kappa shape index (κ1) is 9.43. The van der Waals surface area contributed by atoms with Crippen LogP contribution < -0.4 is 0 Å². The lowest BCUT2D eigenvalue weighted by Crippen LogP contribution is -2.03. The predicted molar refractivity (Wildman–Crippen MR) is 53.4 cm³/mol. The van der Waals surface area contributed by atoms with Gasteiger partial charge in [-0.1, -0.05) is 12.1 Å². The van der Waals surface area contributed by atoms with E-state index in [1.807, 2.05) is 13.0 Å². The predicted octanol–water partition coefficient (Wildman–Crippen LogP) is 1.12. The Bertz CT molecular complexity index is 512. The van der Waals surface area contributed by atoms with Crippen molar-refractivity contribution in [1.82, 2.24) is 0 Å². The second-order valence-electron chi connectivity index (χ2n) is 3.31. The van der Waals surface area contributed by atoms with Crippen molar-refractivity contribution in [1.29, 1.82) is 0 Å². The third-order valence-corrected chi connectivity index (χ3v) is 4.15. The molecule has 2 rings (SSSR count). The van der Waals surface area contributed by atoms with Crippen molar-refractivity contribution in [2.24, 2.45) is 0 Å². The fourth-order valence-electron chi connectivity index (χ4n) is 1.52. The van der Waals surface area contributed by atoms with Gasteiger partial charge in [0.1, 0.15) is 0 Å². The molecule has 1 aromatic carbocycles. The van der Waals surface area contributed by atoms with E-state index >= 15 is 0 Å². The number of rotatable bonds is 1. The summed E-state index contributed by atoms with van der Waals surface area (Å²) in [4.78, 5) is 0.389. The van der Waals surface area contributed by atoms with Crippen molar-refractivity contribution in [2.75, 3.05) is 6.61 Å². The van der Waals surface area contributed by atoms with Crippen molar-refractivity contribution in [3.05, 3.63) is 34.2 Å². The summed E-state index contributed by atoms with van der Waals surface area (Å²) in [6, 6.07) is 5.24. The second kappa shape index (κ2) is 2.93. The van der Waals surface area contributed by atoms with Gasteiger partial charge in [-0.25, -0.2) is 8.42 Å². The molecule has 3 nitrogen and oxygen atoms in total. The van der Waals surface area contributed by atoms with Gasteiger partial charge in [0.05, 0.1) is 16.4 Å². The molecule has 74 valence electrons. The number of aliphatic hydroxyl groups excluding tert-OH is 1. The largest absolute Gasteiger partial charge is 0.391 e. The standard InChI is InChI=1S/C10H10O3S/c1-7-2-3-8-5-9(6-11)14(12,13)10(8)4-7/h2-5,11H,6H2,1H3. The summed E-state index contributed by atoms with van der Waals surface area (Å²) in [6.45, 7) is 1.41. The summed E-state index contributed by atoms with van der Waals surface area (Å²) in [5, 5.41) is 8.90. The van der Waals surface area contributed by atoms with Gasteiger partial charge in [0.15, 0.2) is 0 Å². The van der Waals surface area contributed by atoms with Gasteiger partial charge in [-0.15, -0.1) is 0 Å². The molecule has 1 aromatic rings. The molecule has 1 N–H and O–H groups in total. The van der Waals surface area contributed by atoms with E-state index in [-0.39, 0.29) is 4.91 Å². The summed E-state index contributed by atoms with van der Waals surface area (Å²) in [5.41, 5.74) is 1.57. The molecule has 0 amide bonds. The zero-order chi connectivity index (χ0) is 10.3. The maximum atomic E-state index is 11.7. The first-order valence-electron chi connectivity index (χ1n) is 4.23. The van der Waals surface area contributed by atoms with Crippen LogP contribution in [0, 0.1) is 6.92 Å². The van der Waals surface area contributed by atoms with Crippen LogP contribution >= 0.6 is 0 Å². The number of fused-ring (bicyclic) bond motifs is 1. The molecule has 0 saturated carbocycles. The van der Waals surface area contributed by atoms with Crippen LogP contribution in [0.15, 0.2) is 28.0 Å². The highest BCUT2D eigenvalue weighted by molar-refractivity contribution is 7.95. The molecule has 0 spiro atoms. The summed E-state index contributed by atoms with van der Waals surface area (Å²) < 4.78 is 23.5. The average Bonchev–Trinajstić information content (AvgIpc) is 2.38. The Kier molecular flexibility index (Phi) is 1.97. The molecule has 0 unspecified atom stereocenters. The van der Waals surface area contributed by atoms with E-state index in [1.165, 1.54) is 6.08 Å². The van der Waals surface area contributed by atoms with E-state index in [0.717, 1.165) is 5.56 Å². The third-order valence-electron chi connectivity index (χ3n) is 2.28. The number of hydrogen-bond donors (Lipinski definition) is 1. The van der Waals surface area contributed by atoms with Crippen LogP contribution in [0.25, 0.3) is 6.08 Å². The molecule has 0 aliphatic carbocycles. The lowest BCUT2D eigenvalue weighted by atomic mass is 10.1. The summed E-state index contributed by atoms with van der Waals surface area (Å²) >= 11 is 0. The molecule has 14 heavy (non-hydrogen) atoms. The highest BCUT2D eigenvalue weighted by atomic mass is 32.2. The first-order valence-corrected chi connectivity index (χ1v) is 5.71. The molecule has 0 radical (unpaired) electrons. The van der Waals surface area contributed by atoms with Crippen LogP contribution in [0.3, 0.4) is 0 Å². The van der Waals surface area contributed by atoms with E-state index in [0.29, 0.717) is 10.5 Å². The van der Waals surface area contributed by atoms with Gasteiger partial charge in [-0.3, -0.25) is 0 Å². The van der Waals surface area contributed by atoms with Crippen molar-refractivity contribution < 1.29 is 13.5 Å². The summed E-state index contributed by atoms with van der Waals surface area (Å²) in [5.74, 6) is 0. The van der Waals surface area contributed by atoms with Crippen molar-refractivity contribution in [3.8, 4) is 0 Å². The number of sulfone groups is 1. The maximum absolute atomic E-state index is 11.7. The molecule has 1 aliphatic heterocycles. The number of hydrogen-bond acceptors (Lipinski definition) is 3. The lowest BCUT2D eigenvalue weighted by molar-refractivity contribution is 0.339. The Morgan fingerprint density at radius 1 is 1.36 bits per heavy atom. The van der Waals surface area contributed by atoms with Gasteiger partial charge in [0, 0.05) is 0 Å². The zero-order valence-corrected chi connectivity index (χ0v) is 8.50. The SMILES string of the molecule is Cc1ccc2c(c1)S(=O)(=O)C(CO)=C2. The van der Waals surface area contributed by atoms with Gasteiger partial charge in [0.2, 0.25) is 9.84 Å². The van der Waals surface area contributed by atoms with Crippen molar-refractivity contribution >= 4 is 15.9 Å². The Labute approximate surface area is 82.6 Å². The van der Waals surface area contributed by atoms with E-state index in [4.69, 9.17) is 5.11 Å². The van der Waals surface area contributed by atoms with Crippen molar-refractivity contribution in [3.63, 3.8) is 0 Å². The quantitative estimate of drug-likeness (QED) is 0.755. The van der Waals surface area contributed by atoms with Gasteiger partial charge >= 0.3 is 0 Å². The van der Waals surface area contributed by atoms with Gasteiger partial charge in [-0.05, 0) is 30.2 Å². The molecule has 0 bridgehead atoms. The molecule has 1 heterocycles. The average molecular weight is 210 g/mol. The number of aryl methyl sites for hydroxylation is 1. The Morgan fingerprint density at radius 3 is 2.71 bits per heavy atom. The topological polar surface area (TPSA) is 54.4 Å². The monoisotopic (exact) mass is 210 g/mol. The Morgan fingerprint density at radius 2 is 2.07 bits per heavy atom. The minimum atomic E-state index is -3.41. The van der Waals surface area contributed by atoms with E-state index in [1.54, 1.807) is 12.1 Å². The maximum Gasteiger partial charge on any atom is 0.205 e. The molecular weight excluding hydrogens is 200 g/mol. The molecule has 0 atom stereocenters. The highest BCUT2D eigenvalue weighted by Gasteiger charge is 2.28. The molecule has 4 heteroatoms. The minimum absolute atomic E-state index is 0.0816. The minimum Gasteiger partial charge on any atom is -0.391 e. The number of aliphatic hydroxyl groups is 1. The van der Waals surface area contributed by atoms with E-state index < -0.39 is 16.4 Å². The van der Waals surface area contributed by atoms with E-state index in [2.05, 4.69) is 0 Å². The fourth-order valence-corrected chi connectivity index (χ4v) is 3.03.